The first-order valence-electron chi connectivity index (χ1n) is 10.7. The van der Waals surface area contributed by atoms with Crippen LogP contribution in [0.15, 0.2) is 41.3 Å². The van der Waals surface area contributed by atoms with Crippen molar-refractivity contribution < 1.29 is 14.0 Å². The van der Waals surface area contributed by atoms with Gasteiger partial charge in [-0.3, -0.25) is 9.59 Å². The maximum absolute atomic E-state index is 14.4. The van der Waals surface area contributed by atoms with Gasteiger partial charge in [-0.15, -0.1) is 11.8 Å². The minimum Gasteiger partial charge on any atom is -0.349 e. The Morgan fingerprint density at radius 2 is 2.06 bits per heavy atom. The van der Waals surface area contributed by atoms with Crippen molar-refractivity contribution in [1.82, 2.24) is 5.32 Å². The highest BCUT2D eigenvalue weighted by molar-refractivity contribution is 8.00. The molecule has 1 aliphatic heterocycles. The molecule has 0 aromatic heterocycles. The summed E-state index contributed by atoms with van der Waals surface area (Å²) in [5, 5.41) is 3.47. The molecule has 1 saturated carbocycles. The van der Waals surface area contributed by atoms with Crippen LogP contribution < -0.4 is 10.2 Å². The summed E-state index contributed by atoms with van der Waals surface area (Å²) in [5.41, 5.74) is 1.40. The normalized spacial score (nSPS) is 23.4. The number of nitrogens with zero attached hydrogens (tertiary/aromatic N) is 1. The van der Waals surface area contributed by atoms with E-state index in [0.29, 0.717) is 23.1 Å². The molecule has 0 radical (unpaired) electrons. The van der Waals surface area contributed by atoms with Crippen LogP contribution in [0.2, 0.25) is 5.02 Å². The number of anilines is 1. The highest BCUT2D eigenvalue weighted by atomic mass is 35.5. The molecular formula is C24H26ClFN2O2S. The lowest BCUT2D eigenvalue weighted by Crippen LogP contribution is -2.43. The van der Waals surface area contributed by atoms with Crippen molar-refractivity contribution in [1.29, 1.82) is 0 Å². The van der Waals surface area contributed by atoms with E-state index in [2.05, 4.69) is 19.2 Å². The van der Waals surface area contributed by atoms with E-state index in [9.17, 15) is 14.0 Å². The fraction of sp³-hybridized carbons (Fsp3) is 0.417. The molecule has 0 unspecified atom stereocenters. The van der Waals surface area contributed by atoms with Crippen LogP contribution >= 0.6 is 23.4 Å². The molecule has 7 heteroatoms. The zero-order chi connectivity index (χ0) is 22.1. The molecule has 2 aromatic carbocycles. The van der Waals surface area contributed by atoms with Crippen molar-refractivity contribution in [3.8, 4) is 0 Å². The predicted molar refractivity (Wildman–Crippen MR) is 123 cm³/mol. The summed E-state index contributed by atoms with van der Waals surface area (Å²) in [6, 6.07) is 10.0. The number of amides is 2. The molecule has 31 heavy (non-hydrogen) atoms. The van der Waals surface area contributed by atoms with Crippen molar-refractivity contribution in [2.45, 2.75) is 50.6 Å². The van der Waals surface area contributed by atoms with Gasteiger partial charge in [0.2, 0.25) is 5.91 Å². The average Bonchev–Trinajstić information content (AvgIpc) is 2.75. The van der Waals surface area contributed by atoms with E-state index < -0.39 is 5.82 Å². The Balaban J connectivity index is 1.60. The predicted octanol–water partition coefficient (Wildman–Crippen LogP) is 5.67. The van der Waals surface area contributed by atoms with Crippen LogP contribution in [0.4, 0.5) is 10.1 Å². The van der Waals surface area contributed by atoms with Crippen LogP contribution in [0.3, 0.4) is 0 Å². The van der Waals surface area contributed by atoms with Crippen molar-refractivity contribution in [2.24, 2.45) is 11.8 Å². The lowest BCUT2D eigenvalue weighted by atomic mass is 9.78. The number of halogens is 2. The first-order valence-corrected chi connectivity index (χ1v) is 12.0. The SMILES string of the molecule is C[C@H]1[C@H](C)CCC[C@@H]1NC(=O)c1ccc2c(c1)N(Cc1c(F)cccc1Cl)C(=O)CS2. The van der Waals surface area contributed by atoms with Gasteiger partial charge in [-0.25, -0.2) is 4.39 Å². The largest absolute Gasteiger partial charge is 0.349 e. The molecule has 0 bridgehead atoms. The number of hydrogen-bond acceptors (Lipinski definition) is 3. The fourth-order valence-corrected chi connectivity index (χ4v) is 5.53. The third-order valence-electron chi connectivity index (χ3n) is 6.57. The molecule has 1 heterocycles. The molecule has 2 aromatic rings. The maximum atomic E-state index is 14.4. The monoisotopic (exact) mass is 460 g/mol. The summed E-state index contributed by atoms with van der Waals surface area (Å²) in [6.45, 7) is 4.45. The number of hydrogen-bond donors (Lipinski definition) is 1. The first kappa shape index (κ1) is 22.2. The number of thioether (sulfide) groups is 1. The Labute approximate surface area is 191 Å². The van der Waals surface area contributed by atoms with Gasteiger partial charge in [0.05, 0.1) is 18.0 Å². The molecule has 4 nitrogen and oxygen atoms in total. The second-order valence-corrected chi connectivity index (χ2v) is 9.92. The first-order chi connectivity index (χ1) is 14.8. The van der Waals surface area contributed by atoms with Crippen LogP contribution in [-0.2, 0) is 11.3 Å². The zero-order valence-corrected chi connectivity index (χ0v) is 19.2. The van der Waals surface area contributed by atoms with Crippen LogP contribution in [0.25, 0.3) is 0 Å². The standard InChI is InChI=1S/C24H26ClFN2O2S/c1-14-5-3-8-20(15(14)2)27-24(30)16-9-10-22-21(11-16)28(23(29)13-31-22)12-17-18(25)6-4-7-19(17)26/h4,6-7,9-11,14-15,20H,3,5,8,12-13H2,1-2H3,(H,27,30)/t14-,15+,20+/m1/s1. The number of benzene rings is 2. The van der Waals surface area contributed by atoms with Gasteiger partial charge in [0.15, 0.2) is 0 Å². The highest BCUT2D eigenvalue weighted by Gasteiger charge is 2.30. The third kappa shape index (κ3) is 4.60. The second-order valence-electron chi connectivity index (χ2n) is 8.50. The van der Waals surface area contributed by atoms with Crippen molar-refractivity contribution in [3.63, 3.8) is 0 Å². The quantitative estimate of drug-likeness (QED) is 0.639. The number of carbonyl (C=O) groups is 2. The number of fused-ring (bicyclic) bond motifs is 1. The van der Waals surface area contributed by atoms with Gasteiger partial charge in [-0.2, -0.15) is 0 Å². The van der Waals surface area contributed by atoms with E-state index in [1.807, 2.05) is 6.07 Å². The van der Waals surface area contributed by atoms with Gasteiger partial charge in [-0.1, -0.05) is 44.4 Å². The summed E-state index contributed by atoms with van der Waals surface area (Å²) in [5.74, 6) is 0.547. The minimum absolute atomic E-state index is 0.0279. The summed E-state index contributed by atoms with van der Waals surface area (Å²) in [4.78, 5) is 28.1. The molecule has 1 fully saturated rings. The zero-order valence-electron chi connectivity index (χ0n) is 17.7. The fourth-order valence-electron chi connectivity index (χ4n) is 4.40. The van der Waals surface area contributed by atoms with Gasteiger partial charge in [-0.05, 0) is 48.6 Å². The van der Waals surface area contributed by atoms with Crippen molar-refractivity contribution in [2.75, 3.05) is 10.7 Å². The topological polar surface area (TPSA) is 49.4 Å². The summed E-state index contributed by atoms with van der Waals surface area (Å²) < 4.78 is 14.4. The highest BCUT2D eigenvalue weighted by Crippen LogP contribution is 2.38. The Morgan fingerprint density at radius 3 is 2.84 bits per heavy atom. The van der Waals surface area contributed by atoms with Gasteiger partial charge in [0.25, 0.3) is 5.91 Å². The van der Waals surface area contributed by atoms with Crippen molar-refractivity contribution in [3.05, 3.63) is 58.4 Å². The molecule has 4 rings (SSSR count). The Bertz CT molecular complexity index is 995. The van der Waals surface area contributed by atoms with Gasteiger partial charge < -0.3 is 10.2 Å². The van der Waals surface area contributed by atoms with Crippen LogP contribution in [-0.4, -0.2) is 23.6 Å². The van der Waals surface area contributed by atoms with E-state index in [4.69, 9.17) is 11.6 Å². The molecule has 0 spiro atoms. The molecule has 2 aliphatic rings. The van der Waals surface area contributed by atoms with E-state index in [-0.39, 0.29) is 40.7 Å². The lowest BCUT2D eigenvalue weighted by Gasteiger charge is -2.34. The Hall–Kier alpha value is -2.05. The molecule has 164 valence electrons. The van der Waals surface area contributed by atoms with Gasteiger partial charge >= 0.3 is 0 Å². The molecule has 0 saturated heterocycles. The Morgan fingerprint density at radius 1 is 1.26 bits per heavy atom. The number of rotatable bonds is 4. The van der Waals surface area contributed by atoms with E-state index in [0.717, 1.165) is 17.7 Å². The number of nitrogens with one attached hydrogen (secondary N) is 1. The van der Waals surface area contributed by atoms with Crippen molar-refractivity contribution >= 4 is 40.9 Å². The Kier molecular flexibility index (Phi) is 6.58. The summed E-state index contributed by atoms with van der Waals surface area (Å²) >= 11 is 7.62. The third-order valence-corrected chi connectivity index (χ3v) is 7.97. The molecule has 3 atom stereocenters. The van der Waals surface area contributed by atoms with Gasteiger partial charge in [0, 0.05) is 27.1 Å². The maximum Gasteiger partial charge on any atom is 0.251 e. The molecular weight excluding hydrogens is 435 g/mol. The lowest BCUT2D eigenvalue weighted by molar-refractivity contribution is -0.116. The van der Waals surface area contributed by atoms with E-state index in [1.165, 1.54) is 29.1 Å². The van der Waals surface area contributed by atoms with Crippen LogP contribution in [0.5, 0.6) is 0 Å². The van der Waals surface area contributed by atoms with E-state index >= 15 is 0 Å². The summed E-state index contributed by atoms with van der Waals surface area (Å²) in [7, 11) is 0. The molecule has 1 aliphatic carbocycles. The summed E-state index contributed by atoms with van der Waals surface area (Å²) in [6.07, 6.45) is 3.29. The smallest absolute Gasteiger partial charge is 0.251 e. The second kappa shape index (κ2) is 9.21. The minimum atomic E-state index is -0.450. The van der Waals surface area contributed by atoms with Crippen LogP contribution in [0.1, 0.15) is 49.0 Å². The van der Waals surface area contributed by atoms with Crippen LogP contribution in [0, 0.1) is 17.7 Å². The number of carbonyl (C=O) groups excluding carboxylic acids is 2. The molecule has 1 N–H and O–H groups in total. The van der Waals surface area contributed by atoms with E-state index in [1.54, 1.807) is 24.3 Å². The average molecular weight is 461 g/mol. The molecule has 2 amide bonds. The van der Waals surface area contributed by atoms with Gasteiger partial charge in [0.1, 0.15) is 5.82 Å².